The van der Waals surface area contributed by atoms with Gasteiger partial charge in [0.05, 0.1) is 16.9 Å². The maximum absolute atomic E-state index is 9.22. The predicted molar refractivity (Wildman–Crippen MR) is 68.9 cm³/mol. The van der Waals surface area contributed by atoms with Crippen molar-refractivity contribution >= 4 is 5.69 Å². The fourth-order valence-corrected chi connectivity index (χ4v) is 2.52. The van der Waals surface area contributed by atoms with E-state index in [0.29, 0.717) is 5.56 Å². The molecule has 0 spiro atoms. The maximum atomic E-state index is 9.22. The third-order valence-electron chi connectivity index (χ3n) is 3.83. The van der Waals surface area contributed by atoms with E-state index < -0.39 is 0 Å². The van der Waals surface area contributed by atoms with E-state index in [4.69, 9.17) is 0 Å². The predicted octanol–water partition coefficient (Wildman–Crippen LogP) is 3.31. The molecule has 1 fully saturated rings. The molecule has 1 aliphatic rings. The second kappa shape index (κ2) is 4.37. The van der Waals surface area contributed by atoms with Crippen molar-refractivity contribution in [3.8, 4) is 6.07 Å². The molecule has 2 rings (SSSR count). The molecule has 0 aromatic carbocycles. The Labute approximate surface area is 103 Å². The Morgan fingerprint density at radius 3 is 2.65 bits per heavy atom. The summed E-state index contributed by atoms with van der Waals surface area (Å²) in [6.07, 6.45) is 4.80. The van der Waals surface area contributed by atoms with E-state index in [1.54, 1.807) is 0 Å². The van der Waals surface area contributed by atoms with Crippen molar-refractivity contribution in [2.45, 2.75) is 52.0 Å². The summed E-state index contributed by atoms with van der Waals surface area (Å²) >= 11 is 0. The van der Waals surface area contributed by atoms with E-state index in [1.807, 2.05) is 19.9 Å². The molecule has 1 aromatic rings. The molecule has 3 nitrogen and oxygen atoms in total. The Kier molecular flexibility index (Phi) is 3.06. The first kappa shape index (κ1) is 11.9. The van der Waals surface area contributed by atoms with E-state index >= 15 is 0 Å². The lowest BCUT2D eigenvalue weighted by Crippen LogP contribution is -2.44. The van der Waals surface area contributed by atoms with Gasteiger partial charge in [0.15, 0.2) is 0 Å². The van der Waals surface area contributed by atoms with Gasteiger partial charge in [0, 0.05) is 11.2 Å². The molecule has 0 atom stereocenters. The molecule has 0 radical (unpaired) electrons. The lowest BCUT2D eigenvalue weighted by atomic mass is 9.74. The van der Waals surface area contributed by atoms with E-state index in [0.717, 1.165) is 23.5 Å². The number of aromatic nitrogens is 1. The van der Waals surface area contributed by atoms with Crippen LogP contribution in [0, 0.1) is 25.2 Å². The fourth-order valence-electron chi connectivity index (χ4n) is 2.52. The maximum Gasteiger partial charge on any atom is 0.103 e. The van der Waals surface area contributed by atoms with Gasteiger partial charge < -0.3 is 5.32 Å². The van der Waals surface area contributed by atoms with Crippen molar-refractivity contribution in [2.24, 2.45) is 0 Å². The molecule has 1 N–H and O–H groups in total. The van der Waals surface area contributed by atoms with Gasteiger partial charge in [-0.05, 0) is 45.6 Å². The number of anilines is 1. The van der Waals surface area contributed by atoms with Gasteiger partial charge in [-0.3, -0.25) is 4.98 Å². The minimum absolute atomic E-state index is 0.214. The average Bonchev–Trinajstić information content (AvgIpc) is 2.23. The Morgan fingerprint density at radius 2 is 2.18 bits per heavy atom. The number of hydrogen-bond donors (Lipinski definition) is 1. The van der Waals surface area contributed by atoms with Crippen LogP contribution >= 0.6 is 0 Å². The molecular formula is C14H19N3. The Morgan fingerprint density at radius 1 is 1.47 bits per heavy atom. The number of aryl methyl sites for hydroxylation is 2. The van der Waals surface area contributed by atoms with Crippen molar-refractivity contribution in [1.29, 1.82) is 5.26 Å². The van der Waals surface area contributed by atoms with Gasteiger partial charge in [-0.2, -0.15) is 5.26 Å². The molecular weight excluding hydrogens is 210 g/mol. The van der Waals surface area contributed by atoms with Crippen LogP contribution in [0.25, 0.3) is 0 Å². The highest BCUT2D eigenvalue weighted by Crippen LogP contribution is 2.38. The minimum atomic E-state index is 0.214. The van der Waals surface area contributed by atoms with Crippen molar-refractivity contribution in [3.05, 3.63) is 23.0 Å². The molecule has 0 aliphatic heterocycles. The van der Waals surface area contributed by atoms with Gasteiger partial charge in [0.25, 0.3) is 0 Å². The van der Waals surface area contributed by atoms with Crippen LogP contribution in [-0.2, 0) is 0 Å². The molecule has 17 heavy (non-hydrogen) atoms. The second-order valence-electron chi connectivity index (χ2n) is 5.00. The third kappa shape index (κ3) is 2.12. The highest BCUT2D eigenvalue weighted by atomic mass is 15.0. The average molecular weight is 229 g/mol. The lowest BCUT2D eigenvalue weighted by molar-refractivity contribution is 0.269. The smallest absolute Gasteiger partial charge is 0.103 e. The van der Waals surface area contributed by atoms with Crippen molar-refractivity contribution in [3.63, 3.8) is 0 Å². The highest BCUT2D eigenvalue weighted by Gasteiger charge is 2.35. The largest absolute Gasteiger partial charge is 0.378 e. The van der Waals surface area contributed by atoms with Crippen LogP contribution in [0.1, 0.15) is 49.6 Å². The molecule has 1 aromatic heterocycles. The van der Waals surface area contributed by atoms with Gasteiger partial charge in [-0.1, -0.05) is 6.92 Å². The van der Waals surface area contributed by atoms with Crippen molar-refractivity contribution < 1.29 is 0 Å². The lowest BCUT2D eigenvalue weighted by Gasteiger charge is -2.43. The van der Waals surface area contributed by atoms with Gasteiger partial charge >= 0.3 is 0 Å². The van der Waals surface area contributed by atoms with Crippen molar-refractivity contribution in [2.75, 3.05) is 5.32 Å². The van der Waals surface area contributed by atoms with Crippen molar-refractivity contribution in [1.82, 2.24) is 4.98 Å². The number of rotatable bonds is 3. The monoisotopic (exact) mass is 229 g/mol. The number of nitrogens with zero attached hydrogens (tertiary/aromatic N) is 2. The first-order valence-corrected chi connectivity index (χ1v) is 6.27. The molecule has 3 heteroatoms. The van der Waals surface area contributed by atoms with Crippen LogP contribution in [0.15, 0.2) is 6.07 Å². The first-order chi connectivity index (χ1) is 8.10. The molecule has 0 amide bonds. The van der Waals surface area contributed by atoms with E-state index in [2.05, 4.69) is 23.3 Å². The summed E-state index contributed by atoms with van der Waals surface area (Å²) in [5.74, 6) is 0. The Bertz CT molecular complexity index is 462. The summed E-state index contributed by atoms with van der Waals surface area (Å²) in [6, 6.07) is 4.25. The summed E-state index contributed by atoms with van der Waals surface area (Å²) in [5.41, 5.74) is 3.65. The van der Waals surface area contributed by atoms with Gasteiger partial charge in [0.2, 0.25) is 0 Å². The summed E-state index contributed by atoms with van der Waals surface area (Å²) in [4.78, 5) is 4.34. The zero-order valence-electron chi connectivity index (χ0n) is 10.8. The molecule has 90 valence electrons. The van der Waals surface area contributed by atoms with E-state index in [1.165, 1.54) is 19.3 Å². The number of nitriles is 1. The summed E-state index contributed by atoms with van der Waals surface area (Å²) in [5, 5.41) is 12.8. The molecule has 0 saturated heterocycles. The Hall–Kier alpha value is -1.56. The van der Waals surface area contributed by atoms with Crippen LogP contribution in [0.4, 0.5) is 5.69 Å². The van der Waals surface area contributed by atoms with Crippen LogP contribution in [0.2, 0.25) is 0 Å². The van der Waals surface area contributed by atoms with Crippen LogP contribution < -0.4 is 5.32 Å². The fraction of sp³-hybridized carbons (Fsp3) is 0.571. The number of pyridine rings is 1. The third-order valence-corrected chi connectivity index (χ3v) is 3.83. The first-order valence-electron chi connectivity index (χ1n) is 6.27. The van der Waals surface area contributed by atoms with Gasteiger partial charge in [-0.15, -0.1) is 0 Å². The van der Waals surface area contributed by atoms with E-state index in [-0.39, 0.29) is 5.54 Å². The summed E-state index contributed by atoms with van der Waals surface area (Å²) < 4.78 is 0. The zero-order chi connectivity index (χ0) is 12.5. The molecule has 0 unspecified atom stereocenters. The normalized spacial score (nSPS) is 17.1. The highest BCUT2D eigenvalue weighted by molar-refractivity contribution is 5.61. The summed E-state index contributed by atoms with van der Waals surface area (Å²) in [7, 11) is 0. The minimum Gasteiger partial charge on any atom is -0.378 e. The molecule has 1 heterocycles. The topological polar surface area (TPSA) is 48.7 Å². The van der Waals surface area contributed by atoms with Crippen LogP contribution in [0.5, 0.6) is 0 Å². The SMILES string of the molecule is CCC1(Nc2cc(C)nc(C)c2C#N)CCC1. The molecule has 0 bridgehead atoms. The molecule has 1 saturated carbocycles. The van der Waals surface area contributed by atoms with Gasteiger partial charge in [-0.25, -0.2) is 0 Å². The van der Waals surface area contributed by atoms with Gasteiger partial charge in [0.1, 0.15) is 6.07 Å². The Balaban J connectivity index is 2.35. The quantitative estimate of drug-likeness (QED) is 0.865. The summed E-state index contributed by atoms with van der Waals surface area (Å²) in [6.45, 7) is 6.08. The zero-order valence-corrected chi connectivity index (χ0v) is 10.8. The van der Waals surface area contributed by atoms with Crippen LogP contribution in [0.3, 0.4) is 0 Å². The van der Waals surface area contributed by atoms with E-state index in [9.17, 15) is 5.26 Å². The number of nitrogens with one attached hydrogen (secondary N) is 1. The van der Waals surface area contributed by atoms with Crippen LogP contribution in [-0.4, -0.2) is 10.5 Å². The second-order valence-corrected chi connectivity index (χ2v) is 5.00. The standard InChI is InChI=1S/C14H19N3/c1-4-14(6-5-7-14)17-13-8-10(2)16-11(3)12(13)9-15/h8H,4-7H2,1-3H3,(H,16,17). The molecule has 1 aliphatic carbocycles. The number of hydrogen-bond acceptors (Lipinski definition) is 3.